The summed E-state index contributed by atoms with van der Waals surface area (Å²) in [5.74, 6) is -0.924. The molecule has 45 heavy (non-hydrogen) atoms. The highest BCUT2D eigenvalue weighted by Crippen LogP contribution is 2.49. The molecule has 0 aliphatic heterocycles. The third-order valence-electron chi connectivity index (χ3n) is 7.94. The molecule has 0 bridgehead atoms. The second-order valence-corrected chi connectivity index (χ2v) is 12.2. The van der Waals surface area contributed by atoms with Crippen LogP contribution in [0.1, 0.15) is 29.5 Å². The van der Waals surface area contributed by atoms with Crippen molar-refractivity contribution in [1.82, 2.24) is 15.3 Å². The van der Waals surface area contributed by atoms with Gasteiger partial charge < -0.3 is 14.8 Å². The summed E-state index contributed by atoms with van der Waals surface area (Å²) in [5, 5.41) is 3.29. The lowest BCUT2D eigenvalue weighted by Crippen LogP contribution is -2.28. The summed E-state index contributed by atoms with van der Waals surface area (Å²) in [5.41, 5.74) is 2.65. The highest BCUT2D eigenvalue weighted by molar-refractivity contribution is 7.22. The van der Waals surface area contributed by atoms with Gasteiger partial charge in [0, 0.05) is 51.5 Å². The van der Waals surface area contributed by atoms with Gasteiger partial charge in [-0.3, -0.25) is 19.6 Å². The minimum atomic E-state index is -1.05. The number of benzene rings is 2. The number of nitrogens with one attached hydrogen (secondary N) is 1. The third kappa shape index (κ3) is 6.98. The molecule has 2 aromatic carbocycles. The molecule has 0 unspecified atom stereocenters. The minimum absolute atomic E-state index is 0.0191. The summed E-state index contributed by atoms with van der Waals surface area (Å²) >= 11 is 1.46. The molecule has 230 valence electrons. The summed E-state index contributed by atoms with van der Waals surface area (Å²) in [6.07, 6.45) is 4.39. The average molecular weight is 628 g/mol. The lowest BCUT2D eigenvalue weighted by molar-refractivity contribution is -0.133. The Bertz CT molecular complexity index is 1840. The number of methoxy groups -OCH3 is 1. The Morgan fingerprint density at radius 3 is 2.31 bits per heavy atom. The first-order chi connectivity index (χ1) is 21.8. The number of ether oxygens (including phenoxy) is 2. The summed E-state index contributed by atoms with van der Waals surface area (Å²) < 4.78 is 40.3. The second-order valence-electron chi connectivity index (χ2n) is 11.1. The maximum Gasteiger partial charge on any atom is 0.166 e. The molecule has 1 N–H and O–H groups in total. The zero-order valence-electron chi connectivity index (χ0n) is 24.6. The van der Waals surface area contributed by atoms with Gasteiger partial charge in [0.1, 0.15) is 11.6 Å². The number of pyridine rings is 2. The standard InChI is InChI=1S/C35H31F2N3O4S/c1-43-15-14-38-20-24-4-8-27(40-21-24)31-19-28-34(45-31)30(10-13-39-28)44-29-9-5-23(16-26(29)37)18-33(42)35(11-12-35)32(41)17-22-2-6-25(36)7-3-22/h2-10,13,16,19,21,38H,11-12,14-15,17-18,20H2,1H3. The van der Waals surface area contributed by atoms with E-state index in [1.165, 1.54) is 35.6 Å². The van der Waals surface area contributed by atoms with Crippen LogP contribution in [0.2, 0.25) is 0 Å². The summed E-state index contributed by atoms with van der Waals surface area (Å²) in [6.45, 7) is 2.09. The maximum absolute atomic E-state index is 15.2. The van der Waals surface area contributed by atoms with E-state index in [1.807, 2.05) is 24.4 Å². The van der Waals surface area contributed by atoms with Crippen molar-refractivity contribution in [3.05, 3.63) is 107 Å². The summed E-state index contributed by atoms with van der Waals surface area (Å²) in [7, 11) is 1.67. The molecule has 1 aliphatic rings. The smallest absolute Gasteiger partial charge is 0.166 e. The van der Waals surface area contributed by atoms with E-state index in [0.29, 0.717) is 48.4 Å². The molecule has 0 amide bonds. The fourth-order valence-corrected chi connectivity index (χ4v) is 6.25. The van der Waals surface area contributed by atoms with E-state index in [4.69, 9.17) is 9.47 Å². The average Bonchev–Trinajstić information content (AvgIpc) is 3.75. The Morgan fingerprint density at radius 2 is 1.62 bits per heavy atom. The molecule has 6 rings (SSSR count). The number of aromatic nitrogens is 2. The van der Waals surface area contributed by atoms with Gasteiger partial charge in [-0.05, 0) is 65.9 Å². The highest BCUT2D eigenvalue weighted by Gasteiger charge is 2.54. The lowest BCUT2D eigenvalue weighted by Gasteiger charge is -2.14. The number of carbonyl (C=O) groups excluding carboxylic acids is 2. The first kappa shape index (κ1) is 30.6. The first-order valence-corrected chi connectivity index (χ1v) is 15.5. The van der Waals surface area contributed by atoms with E-state index in [9.17, 15) is 14.0 Å². The van der Waals surface area contributed by atoms with Crippen LogP contribution in [0.5, 0.6) is 11.5 Å². The van der Waals surface area contributed by atoms with Crippen LogP contribution in [0.4, 0.5) is 8.78 Å². The number of fused-ring (bicyclic) bond motifs is 1. The van der Waals surface area contributed by atoms with Gasteiger partial charge in [0.05, 0.1) is 32.8 Å². The molecular formula is C35H31F2N3O4S. The number of thiophene rings is 1. The largest absolute Gasteiger partial charge is 0.453 e. The van der Waals surface area contributed by atoms with Crippen LogP contribution in [-0.4, -0.2) is 41.8 Å². The minimum Gasteiger partial charge on any atom is -0.453 e. The lowest BCUT2D eigenvalue weighted by atomic mass is 9.88. The molecule has 1 saturated carbocycles. The summed E-state index contributed by atoms with van der Waals surface area (Å²) in [4.78, 5) is 36.1. The molecule has 0 saturated heterocycles. The van der Waals surface area contributed by atoms with E-state index in [-0.39, 0.29) is 36.0 Å². The van der Waals surface area contributed by atoms with Crippen molar-refractivity contribution in [2.45, 2.75) is 32.2 Å². The van der Waals surface area contributed by atoms with Crippen LogP contribution in [0.3, 0.4) is 0 Å². The molecule has 1 aliphatic carbocycles. The van der Waals surface area contributed by atoms with Crippen molar-refractivity contribution in [2.24, 2.45) is 5.41 Å². The van der Waals surface area contributed by atoms with Crippen LogP contribution < -0.4 is 10.1 Å². The molecule has 7 nitrogen and oxygen atoms in total. The molecule has 1 fully saturated rings. The van der Waals surface area contributed by atoms with Crippen LogP contribution in [-0.2, 0) is 33.7 Å². The Balaban J connectivity index is 1.12. The van der Waals surface area contributed by atoms with Crippen molar-refractivity contribution < 1.29 is 27.8 Å². The fourth-order valence-electron chi connectivity index (χ4n) is 5.21. The van der Waals surface area contributed by atoms with Crippen molar-refractivity contribution in [3.8, 4) is 22.1 Å². The van der Waals surface area contributed by atoms with Crippen LogP contribution in [0.25, 0.3) is 20.8 Å². The van der Waals surface area contributed by atoms with Crippen molar-refractivity contribution >= 4 is 33.1 Å². The van der Waals surface area contributed by atoms with Gasteiger partial charge in [-0.15, -0.1) is 11.3 Å². The number of ketones is 2. The molecule has 0 atom stereocenters. The number of rotatable bonds is 14. The zero-order chi connectivity index (χ0) is 31.4. The van der Waals surface area contributed by atoms with Gasteiger partial charge in [-0.1, -0.05) is 24.3 Å². The molecule has 5 aromatic rings. The topological polar surface area (TPSA) is 90.4 Å². The van der Waals surface area contributed by atoms with Gasteiger partial charge in [-0.25, -0.2) is 8.78 Å². The van der Waals surface area contributed by atoms with Crippen LogP contribution >= 0.6 is 11.3 Å². The second kappa shape index (κ2) is 13.3. The Kier molecular flexibility index (Phi) is 9.07. The predicted octanol–water partition coefficient (Wildman–Crippen LogP) is 6.87. The Morgan fingerprint density at radius 1 is 0.889 bits per heavy atom. The number of carbonyl (C=O) groups is 2. The number of hydrogen-bond acceptors (Lipinski definition) is 8. The molecule has 0 spiro atoms. The molecule has 3 aromatic heterocycles. The van der Waals surface area contributed by atoms with E-state index < -0.39 is 11.2 Å². The molecule has 0 radical (unpaired) electrons. The van der Waals surface area contributed by atoms with Gasteiger partial charge in [0.2, 0.25) is 0 Å². The van der Waals surface area contributed by atoms with E-state index in [0.717, 1.165) is 27.4 Å². The van der Waals surface area contributed by atoms with E-state index in [1.54, 1.807) is 37.6 Å². The monoisotopic (exact) mass is 627 g/mol. The van der Waals surface area contributed by atoms with Gasteiger partial charge in [0.25, 0.3) is 0 Å². The van der Waals surface area contributed by atoms with Crippen LogP contribution in [0.15, 0.2) is 79.1 Å². The normalized spacial score (nSPS) is 13.6. The first-order valence-electron chi connectivity index (χ1n) is 14.7. The number of nitrogens with zero attached hydrogens (tertiary/aromatic N) is 2. The van der Waals surface area contributed by atoms with Gasteiger partial charge in [0.15, 0.2) is 23.1 Å². The van der Waals surface area contributed by atoms with E-state index >= 15 is 4.39 Å². The van der Waals surface area contributed by atoms with Crippen molar-refractivity contribution in [3.63, 3.8) is 0 Å². The third-order valence-corrected chi connectivity index (χ3v) is 9.10. The van der Waals surface area contributed by atoms with Gasteiger partial charge >= 0.3 is 0 Å². The van der Waals surface area contributed by atoms with Crippen molar-refractivity contribution in [1.29, 1.82) is 0 Å². The maximum atomic E-state index is 15.2. The number of halogens is 2. The molecule has 3 heterocycles. The van der Waals surface area contributed by atoms with Crippen molar-refractivity contribution in [2.75, 3.05) is 20.3 Å². The highest BCUT2D eigenvalue weighted by atomic mass is 32.1. The van der Waals surface area contributed by atoms with E-state index in [2.05, 4.69) is 15.3 Å². The quantitative estimate of drug-likeness (QED) is 0.106. The SMILES string of the molecule is COCCNCc1ccc(-c2cc3nccc(Oc4ccc(CC(=O)C5(C(=O)Cc6ccc(F)cc6)CC5)cc4F)c3s2)nc1. The molecular weight excluding hydrogens is 596 g/mol. The number of hydrogen-bond donors (Lipinski definition) is 1. The Hall–Kier alpha value is -4.38. The molecule has 10 heteroatoms. The van der Waals surface area contributed by atoms with Crippen LogP contribution in [0, 0.1) is 17.0 Å². The zero-order valence-corrected chi connectivity index (χ0v) is 25.5. The summed E-state index contributed by atoms with van der Waals surface area (Å²) in [6, 6.07) is 17.7. The predicted molar refractivity (Wildman–Crippen MR) is 168 cm³/mol. The Labute approximate surface area is 263 Å². The number of Topliss-reactive ketones (excluding diaryl/α,β-unsaturated/α-hetero) is 2. The fraction of sp³-hybridized carbons (Fsp3) is 0.257. The van der Waals surface area contributed by atoms with Gasteiger partial charge in [-0.2, -0.15) is 0 Å².